The van der Waals surface area contributed by atoms with Crippen LogP contribution in [-0.4, -0.2) is 40.4 Å². The molecule has 8 nitrogen and oxygen atoms in total. The van der Waals surface area contributed by atoms with E-state index in [0.29, 0.717) is 5.82 Å². The fourth-order valence-corrected chi connectivity index (χ4v) is 2.68. The predicted molar refractivity (Wildman–Crippen MR) is 78.1 cm³/mol. The van der Waals surface area contributed by atoms with E-state index >= 15 is 0 Å². The van der Waals surface area contributed by atoms with Gasteiger partial charge in [-0.1, -0.05) is 11.6 Å². The van der Waals surface area contributed by atoms with Crippen molar-refractivity contribution >= 4 is 11.6 Å². The molecule has 0 unspecified atom stereocenters. The lowest BCUT2D eigenvalue weighted by atomic mass is 10.1. The van der Waals surface area contributed by atoms with Crippen LogP contribution in [0.2, 0.25) is 5.02 Å². The molecule has 1 aromatic carbocycles. The molecule has 0 aliphatic heterocycles. The van der Waals surface area contributed by atoms with Crippen LogP contribution in [0.1, 0.15) is 36.0 Å². The summed E-state index contributed by atoms with van der Waals surface area (Å²) in [6.45, 7) is 0.0613. The summed E-state index contributed by atoms with van der Waals surface area (Å²) in [7, 11) is 0. The summed E-state index contributed by atoms with van der Waals surface area (Å²) < 4.78 is 42.5. The number of rotatable bonds is 4. The van der Waals surface area contributed by atoms with Gasteiger partial charge in [-0.15, -0.1) is 10.2 Å². The Hall–Kier alpha value is -2.56. The monoisotopic (exact) mass is 370 g/mol. The van der Waals surface area contributed by atoms with Crippen molar-refractivity contribution in [2.45, 2.75) is 31.5 Å². The molecule has 0 saturated heterocycles. The molecule has 25 heavy (non-hydrogen) atoms. The maximum Gasteiger partial charge on any atom is 0.418 e. The summed E-state index contributed by atoms with van der Waals surface area (Å²) in [6.07, 6.45) is -2.63. The van der Waals surface area contributed by atoms with E-state index in [2.05, 4.69) is 31.1 Å². The molecule has 3 aromatic rings. The average molecular weight is 371 g/mol. The van der Waals surface area contributed by atoms with Crippen LogP contribution < -0.4 is 0 Å². The van der Waals surface area contributed by atoms with Gasteiger partial charge in [-0.3, -0.25) is 0 Å². The maximum absolute atomic E-state index is 13.3. The van der Waals surface area contributed by atoms with Crippen molar-refractivity contribution in [3.63, 3.8) is 0 Å². The first-order chi connectivity index (χ1) is 11.9. The first-order valence-electron chi connectivity index (χ1n) is 7.34. The Labute approximate surface area is 143 Å². The van der Waals surface area contributed by atoms with Gasteiger partial charge in [0.05, 0.1) is 11.3 Å². The molecular weight excluding hydrogens is 361 g/mol. The van der Waals surface area contributed by atoms with Gasteiger partial charge in [0.1, 0.15) is 6.54 Å². The first kappa shape index (κ1) is 15.9. The lowest BCUT2D eigenvalue weighted by molar-refractivity contribution is -0.137. The summed E-state index contributed by atoms with van der Waals surface area (Å²) in [5.74, 6) is 1.14. The minimum Gasteiger partial charge on any atom is -0.222 e. The smallest absolute Gasteiger partial charge is 0.222 e. The fourth-order valence-electron chi connectivity index (χ4n) is 2.50. The number of alkyl halides is 3. The molecule has 12 heteroatoms. The molecule has 0 amide bonds. The molecular formula is C13H10ClF3N8. The van der Waals surface area contributed by atoms with Gasteiger partial charge in [0.15, 0.2) is 11.6 Å². The molecule has 1 aliphatic rings. The Morgan fingerprint density at radius 1 is 1.12 bits per heavy atom. The van der Waals surface area contributed by atoms with Crippen LogP contribution >= 0.6 is 11.6 Å². The molecule has 0 spiro atoms. The van der Waals surface area contributed by atoms with Gasteiger partial charge in [-0.2, -0.15) is 17.9 Å². The third-order valence-electron chi connectivity index (χ3n) is 3.82. The highest BCUT2D eigenvalue weighted by atomic mass is 35.5. The largest absolute Gasteiger partial charge is 0.418 e. The quantitative estimate of drug-likeness (QED) is 0.700. The predicted octanol–water partition coefficient (Wildman–Crippen LogP) is 2.25. The summed E-state index contributed by atoms with van der Waals surface area (Å²) in [6, 6.07) is 3.42. The lowest BCUT2D eigenvalue weighted by Gasteiger charge is -2.14. The van der Waals surface area contributed by atoms with Gasteiger partial charge in [0, 0.05) is 10.9 Å². The van der Waals surface area contributed by atoms with E-state index in [1.165, 1.54) is 16.8 Å². The van der Waals surface area contributed by atoms with Crippen LogP contribution in [-0.2, 0) is 12.7 Å². The van der Waals surface area contributed by atoms with E-state index in [1.54, 1.807) is 0 Å². The van der Waals surface area contributed by atoms with Gasteiger partial charge in [-0.05, 0) is 51.9 Å². The SMILES string of the molecule is FC(F)(F)c1cc(Cl)ccc1-n1nnnc1Cn1nnnc1C1CC1. The topological polar surface area (TPSA) is 87.2 Å². The van der Waals surface area contributed by atoms with Crippen molar-refractivity contribution < 1.29 is 13.2 Å². The Bertz CT molecular complexity index is 914. The van der Waals surface area contributed by atoms with E-state index in [1.807, 2.05) is 0 Å². The van der Waals surface area contributed by atoms with E-state index in [0.717, 1.165) is 23.6 Å². The third-order valence-corrected chi connectivity index (χ3v) is 4.05. The van der Waals surface area contributed by atoms with Gasteiger partial charge in [0.2, 0.25) is 0 Å². The zero-order valence-electron chi connectivity index (χ0n) is 12.5. The lowest BCUT2D eigenvalue weighted by Crippen LogP contribution is -2.16. The van der Waals surface area contributed by atoms with Crippen LogP contribution in [0.4, 0.5) is 13.2 Å². The number of halogens is 4. The number of tetrazole rings is 2. The van der Waals surface area contributed by atoms with Gasteiger partial charge in [-0.25, -0.2) is 4.68 Å². The average Bonchev–Trinajstić information content (AvgIpc) is 3.12. The standard InChI is InChI=1S/C13H10ClF3N8/c14-8-3-4-10(9(5-8)13(15,16)17)25-11(18-20-23-25)6-24-12(7-1-2-7)19-21-22-24/h3-5,7H,1-2,6H2. The van der Waals surface area contributed by atoms with Crippen molar-refractivity contribution in [3.8, 4) is 5.69 Å². The Kier molecular flexibility index (Phi) is 3.67. The van der Waals surface area contributed by atoms with E-state index < -0.39 is 11.7 Å². The highest BCUT2D eigenvalue weighted by Crippen LogP contribution is 2.38. The highest BCUT2D eigenvalue weighted by molar-refractivity contribution is 6.30. The number of aromatic nitrogens is 8. The van der Waals surface area contributed by atoms with Crippen molar-refractivity contribution in [1.82, 2.24) is 40.4 Å². The molecule has 0 N–H and O–H groups in total. The van der Waals surface area contributed by atoms with Crippen molar-refractivity contribution in [1.29, 1.82) is 0 Å². The van der Waals surface area contributed by atoms with Crippen molar-refractivity contribution in [2.75, 3.05) is 0 Å². The number of nitrogens with zero attached hydrogens (tertiary/aromatic N) is 8. The number of hydrogen-bond donors (Lipinski definition) is 0. The van der Waals surface area contributed by atoms with Crippen LogP contribution in [0, 0.1) is 0 Å². The van der Waals surface area contributed by atoms with Crippen LogP contribution in [0.3, 0.4) is 0 Å². The van der Waals surface area contributed by atoms with E-state index in [9.17, 15) is 13.2 Å². The molecule has 0 atom stereocenters. The zero-order valence-corrected chi connectivity index (χ0v) is 13.3. The molecule has 2 heterocycles. The normalized spacial score (nSPS) is 14.9. The molecule has 4 rings (SSSR count). The summed E-state index contributed by atoms with van der Waals surface area (Å²) >= 11 is 5.71. The highest BCUT2D eigenvalue weighted by Gasteiger charge is 2.35. The zero-order chi connectivity index (χ0) is 17.6. The molecule has 130 valence electrons. The Balaban J connectivity index is 1.74. The summed E-state index contributed by atoms with van der Waals surface area (Å²) in [4.78, 5) is 0. The number of benzene rings is 1. The Morgan fingerprint density at radius 2 is 1.88 bits per heavy atom. The van der Waals surface area contributed by atoms with Gasteiger partial charge >= 0.3 is 6.18 Å². The van der Waals surface area contributed by atoms with E-state index in [-0.39, 0.29) is 29.0 Å². The maximum atomic E-state index is 13.3. The second-order valence-corrected chi connectivity index (χ2v) is 6.07. The minimum atomic E-state index is -4.60. The molecule has 1 aliphatic carbocycles. The third kappa shape index (κ3) is 3.06. The summed E-state index contributed by atoms with van der Waals surface area (Å²) in [5.41, 5.74) is -1.13. The minimum absolute atomic E-state index is 0.0257. The fraction of sp³-hybridized carbons (Fsp3) is 0.385. The van der Waals surface area contributed by atoms with Crippen molar-refractivity contribution in [2.24, 2.45) is 0 Å². The number of hydrogen-bond acceptors (Lipinski definition) is 6. The molecule has 0 radical (unpaired) electrons. The van der Waals surface area contributed by atoms with Gasteiger partial charge in [0.25, 0.3) is 0 Å². The van der Waals surface area contributed by atoms with Crippen LogP contribution in [0.25, 0.3) is 5.69 Å². The molecule has 1 fully saturated rings. The molecule has 1 saturated carbocycles. The van der Waals surface area contributed by atoms with E-state index in [4.69, 9.17) is 11.6 Å². The molecule has 2 aromatic heterocycles. The van der Waals surface area contributed by atoms with Crippen LogP contribution in [0.5, 0.6) is 0 Å². The Morgan fingerprint density at radius 3 is 2.60 bits per heavy atom. The van der Waals surface area contributed by atoms with Crippen LogP contribution in [0.15, 0.2) is 18.2 Å². The first-order valence-corrected chi connectivity index (χ1v) is 7.71. The van der Waals surface area contributed by atoms with Gasteiger partial charge < -0.3 is 0 Å². The molecule has 0 bridgehead atoms. The van der Waals surface area contributed by atoms with Crippen molar-refractivity contribution in [3.05, 3.63) is 40.4 Å². The summed E-state index contributed by atoms with van der Waals surface area (Å²) in [5, 5.41) is 22.4. The second-order valence-electron chi connectivity index (χ2n) is 5.64. The second kappa shape index (κ2) is 5.76.